The van der Waals surface area contributed by atoms with E-state index in [1.165, 1.54) is 10.7 Å². The van der Waals surface area contributed by atoms with Crippen LogP contribution in [0.1, 0.15) is 50.8 Å². The van der Waals surface area contributed by atoms with E-state index in [0.29, 0.717) is 17.0 Å². The molecule has 1 aliphatic rings. The van der Waals surface area contributed by atoms with Gasteiger partial charge >= 0.3 is 0 Å². The van der Waals surface area contributed by atoms with Gasteiger partial charge in [0.25, 0.3) is 5.56 Å². The normalized spacial score (nSPS) is 18.6. The van der Waals surface area contributed by atoms with Crippen LogP contribution in [0.5, 0.6) is 0 Å². The van der Waals surface area contributed by atoms with E-state index < -0.39 is 0 Å². The molecule has 0 saturated heterocycles. The van der Waals surface area contributed by atoms with Crippen molar-refractivity contribution < 1.29 is 4.79 Å². The van der Waals surface area contributed by atoms with E-state index >= 15 is 0 Å². The van der Waals surface area contributed by atoms with Gasteiger partial charge in [-0.05, 0) is 42.4 Å². The first-order valence-corrected chi connectivity index (χ1v) is 9.29. The van der Waals surface area contributed by atoms with E-state index in [1.807, 2.05) is 19.9 Å². The predicted octanol–water partition coefficient (Wildman–Crippen LogP) is 2.82. The summed E-state index contributed by atoms with van der Waals surface area (Å²) >= 11 is 0. The summed E-state index contributed by atoms with van der Waals surface area (Å²) in [7, 11) is 0. The van der Waals surface area contributed by atoms with Crippen molar-refractivity contribution in [1.82, 2.24) is 15.1 Å². The highest BCUT2D eigenvalue weighted by Crippen LogP contribution is 2.27. The van der Waals surface area contributed by atoms with Crippen LogP contribution >= 0.6 is 0 Å². The van der Waals surface area contributed by atoms with E-state index in [9.17, 15) is 9.59 Å². The number of aromatic nitrogens is 2. The summed E-state index contributed by atoms with van der Waals surface area (Å²) in [6.45, 7) is 6.06. The van der Waals surface area contributed by atoms with Crippen molar-refractivity contribution in [3.8, 4) is 17.2 Å². The van der Waals surface area contributed by atoms with Gasteiger partial charge < -0.3 is 5.32 Å². The van der Waals surface area contributed by atoms with E-state index in [1.54, 1.807) is 18.2 Å². The van der Waals surface area contributed by atoms with Crippen molar-refractivity contribution in [2.45, 2.75) is 52.1 Å². The van der Waals surface area contributed by atoms with Crippen LogP contribution in [0.2, 0.25) is 0 Å². The highest BCUT2D eigenvalue weighted by molar-refractivity contribution is 5.76. The Bertz CT molecular complexity index is 949. The zero-order valence-electron chi connectivity index (χ0n) is 15.9. The monoisotopic (exact) mass is 364 g/mol. The van der Waals surface area contributed by atoms with Crippen molar-refractivity contribution in [3.63, 3.8) is 0 Å². The average molecular weight is 364 g/mol. The molecule has 0 bridgehead atoms. The minimum absolute atomic E-state index is 0.0631. The van der Waals surface area contributed by atoms with Gasteiger partial charge in [0.1, 0.15) is 6.54 Å². The Balaban J connectivity index is 1.89. The van der Waals surface area contributed by atoms with Crippen LogP contribution in [0, 0.1) is 17.2 Å². The molecule has 27 heavy (non-hydrogen) atoms. The van der Waals surface area contributed by atoms with Gasteiger partial charge in [0.05, 0.1) is 17.3 Å². The molecule has 6 heteroatoms. The Labute approximate surface area is 158 Å². The van der Waals surface area contributed by atoms with Crippen molar-refractivity contribution >= 4 is 5.91 Å². The molecule has 140 valence electrons. The van der Waals surface area contributed by atoms with Crippen LogP contribution < -0.4 is 10.9 Å². The fraction of sp³-hybridized carbons (Fsp3) is 0.429. The second-order valence-corrected chi connectivity index (χ2v) is 7.63. The molecule has 1 N–H and O–H groups in total. The lowest BCUT2D eigenvalue weighted by Crippen LogP contribution is -2.45. The summed E-state index contributed by atoms with van der Waals surface area (Å²) in [5, 5.41) is 16.6. The van der Waals surface area contributed by atoms with Crippen molar-refractivity contribution in [3.05, 3.63) is 51.9 Å². The van der Waals surface area contributed by atoms with Gasteiger partial charge in [0.15, 0.2) is 0 Å². The first-order chi connectivity index (χ1) is 12.9. The number of nitrogens with one attached hydrogen (secondary N) is 1. The lowest BCUT2D eigenvalue weighted by Gasteiger charge is -2.33. The van der Waals surface area contributed by atoms with Crippen molar-refractivity contribution in [2.75, 3.05) is 0 Å². The predicted molar refractivity (Wildman–Crippen MR) is 103 cm³/mol. The Morgan fingerprint density at radius 1 is 1.37 bits per heavy atom. The molecule has 0 atom stereocenters. The molecule has 1 saturated carbocycles. The van der Waals surface area contributed by atoms with Gasteiger partial charge in [-0.3, -0.25) is 9.59 Å². The van der Waals surface area contributed by atoms with E-state index in [4.69, 9.17) is 5.26 Å². The molecule has 0 aliphatic heterocycles. The van der Waals surface area contributed by atoms with Gasteiger partial charge in [0.2, 0.25) is 5.91 Å². The van der Waals surface area contributed by atoms with E-state index in [0.717, 1.165) is 24.1 Å². The summed E-state index contributed by atoms with van der Waals surface area (Å²) in [5.41, 5.74) is 2.42. The Hall–Kier alpha value is -2.94. The van der Waals surface area contributed by atoms with Crippen LogP contribution in [-0.4, -0.2) is 21.7 Å². The molecule has 1 amide bonds. The van der Waals surface area contributed by atoms with Gasteiger partial charge in [-0.15, -0.1) is 0 Å². The van der Waals surface area contributed by atoms with Crippen LogP contribution in [0.25, 0.3) is 11.1 Å². The maximum Gasteiger partial charge on any atom is 0.267 e. The maximum absolute atomic E-state index is 12.6. The zero-order chi connectivity index (χ0) is 19.6. The number of rotatable bonds is 5. The van der Waals surface area contributed by atoms with Crippen LogP contribution in [-0.2, 0) is 11.3 Å². The first-order valence-electron chi connectivity index (χ1n) is 9.29. The number of hydrogen-bond acceptors (Lipinski definition) is 4. The molecule has 1 heterocycles. The molecule has 0 unspecified atom stereocenters. The average Bonchev–Trinajstić information content (AvgIpc) is 2.61. The molecular weight excluding hydrogens is 340 g/mol. The minimum atomic E-state index is -0.325. The van der Waals surface area contributed by atoms with Gasteiger partial charge in [-0.25, -0.2) is 4.68 Å². The number of amides is 1. The number of carbonyl (C=O) groups excluding carboxylic acids is 1. The Kier molecular flexibility index (Phi) is 5.41. The second kappa shape index (κ2) is 7.75. The van der Waals surface area contributed by atoms with Crippen molar-refractivity contribution in [2.24, 2.45) is 5.92 Å². The quantitative estimate of drug-likeness (QED) is 0.884. The molecule has 1 aromatic carbocycles. The largest absolute Gasteiger partial charge is 0.352 e. The molecule has 6 nitrogen and oxygen atoms in total. The molecule has 1 fully saturated rings. The molecule has 1 aromatic heterocycles. The smallest absolute Gasteiger partial charge is 0.267 e. The third-order valence-corrected chi connectivity index (χ3v) is 4.91. The molecule has 3 rings (SSSR count). The number of nitrogens with zero attached hydrogens (tertiary/aromatic N) is 3. The number of carbonyl (C=O) groups is 1. The Morgan fingerprint density at radius 3 is 2.74 bits per heavy atom. The fourth-order valence-electron chi connectivity index (χ4n) is 3.46. The van der Waals surface area contributed by atoms with Crippen LogP contribution in [0.4, 0.5) is 0 Å². The second-order valence-electron chi connectivity index (χ2n) is 7.63. The standard InChI is InChI=1S/C21H24N4O2/c1-13(2)21-18(16-6-4-5-15(9-16)11-22)10-20(27)25(24-21)12-19(26)23-17-7-14(3)8-17/h4-6,9-10,13-14,17H,7-8,12H2,1-3H3,(H,23,26). The summed E-state index contributed by atoms with van der Waals surface area (Å²) in [4.78, 5) is 24.8. The van der Waals surface area contributed by atoms with Crippen LogP contribution in [0.3, 0.4) is 0 Å². The van der Waals surface area contributed by atoms with Crippen LogP contribution in [0.15, 0.2) is 35.1 Å². The summed E-state index contributed by atoms with van der Waals surface area (Å²) in [6.07, 6.45) is 1.97. The maximum atomic E-state index is 12.6. The molecular formula is C21H24N4O2. The summed E-state index contributed by atoms with van der Waals surface area (Å²) < 4.78 is 1.23. The highest BCUT2D eigenvalue weighted by Gasteiger charge is 2.26. The SMILES string of the molecule is CC1CC(NC(=O)Cn2nc(C(C)C)c(-c3cccc(C#N)c3)cc2=O)C1. The topological polar surface area (TPSA) is 87.8 Å². The van der Waals surface area contributed by atoms with Gasteiger partial charge in [-0.2, -0.15) is 10.4 Å². The molecule has 1 aliphatic carbocycles. The number of hydrogen-bond donors (Lipinski definition) is 1. The lowest BCUT2D eigenvalue weighted by atomic mass is 9.82. The lowest BCUT2D eigenvalue weighted by molar-refractivity contribution is -0.123. The first kappa shape index (κ1) is 18.8. The van der Waals surface area contributed by atoms with Gasteiger partial charge in [0, 0.05) is 17.7 Å². The molecule has 0 radical (unpaired) electrons. The van der Waals surface area contributed by atoms with Crippen molar-refractivity contribution in [1.29, 1.82) is 5.26 Å². The Morgan fingerprint density at radius 2 is 2.11 bits per heavy atom. The zero-order valence-corrected chi connectivity index (χ0v) is 15.9. The summed E-state index contributed by atoms with van der Waals surface area (Å²) in [5.74, 6) is 0.524. The van der Waals surface area contributed by atoms with Gasteiger partial charge in [-0.1, -0.05) is 32.9 Å². The number of nitriles is 1. The fourth-order valence-corrected chi connectivity index (χ4v) is 3.46. The van der Waals surface area contributed by atoms with E-state index in [2.05, 4.69) is 23.4 Å². The summed E-state index contributed by atoms with van der Waals surface area (Å²) in [6, 6.07) is 10.9. The molecule has 2 aromatic rings. The highest BCUT2D eigenvalue weighted by atomic mass is 16.2. The third-order valence-electron chi connectivity index (χ3n) is 4.91. The number of benzene rings is 1. The van der Waals surface area contributed by atoms with E-state index in [-0.39, 0.29) is 30.0 Å². The minimum Gasteiger partial charge on any atom is -0.352 e. The third kappa shape index (κ3) is 4.25. The molecule has 0 spiro atoms.